The second-order valence-electron chi connectivity index (χ2n) is 5.80. The molecule has 1 aromatic carbocycles. The zero-order valence-electron chi connectivity index (χ0n) is 15.1. The quantitative estimate of drug-likeness (QED) is 0.765. The highest BCUT2D eigenvalue weighted by molar-refractivity contribution is 5.92. The molecule has 0 radical (unpaired) electrons. The molecule has 1 aromatic heterocycles. The van der Waals surface area contributed by atoms with Crippen molar-refractivity contribution in [1.29, 1.82) is 0 Å². The van der Waals surface area contributed by atoms with E-state index in [1.54, 1.807) is 63.0 Å². The van der Waals surface area contributed by atoms with E-state index in [4.69, 9.17) is 14.2 Å². The highest BCUT2D eigenvalue weighted by atomic mass is 16.5. The van der Waals surface area contributed by atoms with E-state index in [-0.39, 0.29) is 5.91 Å². The molecule has 0 N–H and O–H groups in total. The third-order valence-corrected chi connectivity index (χ3v) is 4.28. The van der Waals surface area contributed by atoms with Crippen LogP contribution < -0.4 is 14.2 Å². The van der Waals surface area contributed by atoms with Gasteiger partial charge in [-0.1, -0.05) is 0 Å². The third kappa shape index (κ3) is 3.61. The Hall–Kier alpha value is -3.09. The fraction of sp³-hybridized carbons (Fsp3) is 0.316. The molecule has 0 saturated heterocycles. The van der Waals surface area contributed by atoms with E-state index >= 15 is 0 Å². The average Bonchev–Trinajstić information content (AvgIpc) is 2.70. The van der Waals surface area contributed by atoms with Gasteiger partial charge in [0.25, 0.3) is 0 Å². The lowest BCUT2D eigenvalue weighted by atomic mass is 10.1. The summed E-state index contributed by atoms with van der Waals surface area (Å²) in [6.45, 7) is 1.16. The van der Waals surface area contributed by atoms with Crippen LogP contribution in [0.5, 0.6) is 17.2 Å². The maximum atomic E-state index is 12.5. The summed E-state index contributed by atoms with van der Waals surface area (Å²) in [6, 6.07) is 3.59. The topological polar surface area (TPSA) is 73.8 Å². The summed E-state index contributed by atoms with van der Waals surface area (Å²) in [5.41, 5.74) is 2.79. The number of amides is 1. The highest BCUT2D eigenvalue weighted by Gasteiger charge is 2.20. The van der Waals surface area contributed by atoms with Gasteiger partial charge in [-0.2, -0.15) is 0 Å². The van der Waals surface area contributed by atoms with Crippen LogP contribution >= 0.6 is 0 Å². The number of carbonyl (C=O) groups excluding carboxylic acids is 1. The standard InChI is InChI=1S/C19H21N3O4/c1-24-16-8-13(9-17(25-2)19(16)26-3)4-5-18(23)22-7-6-15-14(11-22)10-20-12-21-15/h4-5,8-10,12H,6-7,11H2,1-3H3/b5-4+. The zero-order valence-corrected chi connectivity index (χ0v) is 15.1. The Bertz CT molecular complexity index is 810. The molecule has 0 unspecified atom stereocenters. The first kappa shape index (κ1) is 17.7. The van der Waals surface area contributed by atoms with Crippen molar-refractivity contribution < 1.29 is 19.0 Å². The van der Waals surface area contributed by atoms with Crippen LogP contribution in [-0.2, 0) is 17.8 Å². The summed E-state index contributed by atoms with van der Waals surface area (Å²) in [6.07, 6.45) is 7.34. The number of hydrogen-bond donors (Lipinski definition) is 0. The monoisotopic (exact) mass is 355 g/mol. The predicted octanol–water partition coefficient (Wildman–Crippen LogP) is 2.10. The molecule has 3 rings (SSSR count). The maximum Gasteiger partial charge on any atom is 0.246 e. The summed E-state index contributed by atoms with van der Waals surface area (Å²) >= 11 is 0. The van der Waals surface area contributed by atoms with E-state index in [1.807, 2.05) is 0 Å². The van der Waals surface area contributed by atoms with Gasteiger partial charge in [-0.15, -0.1) is 0 Å². The number of rotatable bonds is 5. The molecule has 0 fully saturated rings. The lowest BCUT2D eigenvalue weighted by molar-refractivity contribution is -0.126. The molecule has 1 aliphatic heterocycles. The van der Waals surface area contributed by atoms with E-state index in [0.717, 1.165) is 23.2 Å². The van der Waals surface area contributed by atoms with Gasteiger partial charge in [-0.25, -0.2) is 9.97 Å². The minimum Gasteiger partial charge on any atom is -0.493 e. The Kier molecular flexibility index (Phi) is 5.36. The first-order valence-electron chi connectivity index (χ1n) is 8.21. The van der Waals surface area contributed by atoms with Crippen LogP contribution in [0.2, 0.25) is 0 Å². The van der Waals surface area contributed by atoms with Gasteiger partial charge in [0.2, 0.25) is 11.7 Å². The number of aromatic nitrogens is 2. The summed E-state index contributed by atoms with van der Waals surface area (Å²) in [5, 5.41) is 0. The van der Waals surface area contributed by atoms with Crippen LogP contribution in [-0.4, -0.2) is 48.6 Å². The number of benzene rings is 1. The highest BCUT2D eigenvalue weighted by Crippen LogP contribution is 2.38. The van der Waals surface area contributed by atoms with E-state index < -0.39 is 0 Å². The fourth-order valence-electron chi connectivity index (χ4n) is 2.93. The average molecular weight is 355 g/mol. The van der Waals surface area contributed by atoms with Gasteiger partial charge in [0, 0.05) is 37.3 Å². The van der Waals surface area contributed by atoms with Crippen LogP contribution in [0.15, 0.2) is 30.7 Å². The maximum absolute atomic E-state index is 12.5. The Labute approximate surface area is 152 Å². The lowest BCUT2D eigenvalue weighted by Gasteiger charge is -2.26. The normalized spacial score (nSPS) is 13.4. The van der Waals surface area contributed by atoms with Crippen molar-refractivity contribution in [3.8, 4) is 17.2 Å². The smallest absolute Gasteiger partial charge is 0.246 e. The number of methoxy groups -OCH3 is 3. The molecular formula is C19H21N3O4. The van der Waals surface area contributed by atoms with Gasteiger partial charge >= 0.3 is 0 Å². The minimum absolute atomic E-state index is 0.0618. The van der Waals surface area contributed by atoms with Crippen LogP contribution in [0.1, 0.15) is 16.8 Å². The molecule has 136 valence electrons. The molecule has 7 nitrogen and oxygen atoms in total. The largest absolute Gasteiger partial charge is 0.493 e. The molecule has 0 saturated carbocycles. The predicted molar refractivity (Wildman–Crippen MR) is 96.3 cm³/mol. The number of hydrogen-bond acceptors (Lipinski definition) is 6. The molecular weight excluding hydrogens is 334 g/mol. The molecule has 26 heavy (non-hydrogen) atoms. The second kappa shape index (κ2) is 7.86. The molecule has 2 heterocycles. The number of ether oxygens (including phenoxy) is 3. The Morgan fingerprint density at radius 3 is 2.54 bits per heavy atom. The summed E-state index contributed by atoms with van der Waals surface area (Å²) < 4.78 is 16.0. The summed E-state index contributed by atoms with van der Waals surface area (Å²) in [4.78, 5) is 22.6. The number of fused-ring (bicyclic) bond motifs is 1. The molecule has 0 bridgehead atoms. The van der Waals surface area contributed by atoms with Crippen LogP contribution in [0.25, 0.3) is 6.08 Å². The Morgan fingerprint density at radius 2 is 1.88 bits per heavy atom. The van der Waals surface area contributed by atoms with Gasteiger partial charge in [0.05, 0.1) is 27.0 Å². The minimum atomic E-state index is -0.0618. The summed E-state index contributed by atoms with van der Waals surface area (Å²) in [7, 11) is 4.67. The SMILES string of the molecule is COc1cc(/C=C/C(=O)N2CCc3ncncc3C2)cc(OC)c1OC. The fourth-order valence-corrected chi connectivity index (χ4v) is 2.93. The van der Waals surface area contributed by atoms with Gasteiger partial charge in [-0.3, -0.25) is 4.79 Å². The van der Waals surface area contributed by atoms with Gasteiger partial charge in [0.15, 0.2) is 11.5 Å². The molecule has 2 aromatic rings. The zero-order chi connectivity index (χ0) is 18.5. The second-order valence-corrected chi connectivity index (χ2v) is 5.80. The Morgan fingerprint density at radius 1 is 1.15 bits per heavy atom. The van der Waals surface area contributed by atoms with E-state index in [1.165, 1.54) is 0 Å². The summed E-state index contributed by atoms with van der Waals surface area (Å²) in [5.74, 6) is 1.55. The van der Waals surface area contributed by atoms with Gasteiger partial charge in [-0.05, 0) is 23.8 Å². The van der Waals surface area contributed by atoms with Crippen molar-refractivity contribution in [2.45, 2.75) is 13.0 Å². The van der Waals surface area contributed by atoms with E-state index in [9.17, 15) is 4.79 Å². The van der Waals surface area contributed by atoms with Crippen molar-refractivity contribution in [3.05, 3.63) is 47.6 Å². The van der Waals surface area contributed by atoms with Crippen LogP contribution in [0.3, 0.4) is 0 Å². The Balaban J connectivity index is 1.77. The molecule has 7 heteroatoms. The molecule has 1 aliphatic rings. The molecule has 0 atom stereocenters. The van der Waals surface area contributed by atoms with Crippen molar-refractivity contribution >= 4 is 12.0 Å². The van der Waals surface area contributed by atoms with Crippen molar-refractivity contribution in [2.75, 3.05) is 27.9 Å². The number of nitrogens with zero attached hydrogens (tertiary/aromatic N) is 3. The van der Waals surface area contributed by atoms with Crippen LogP contribution in [0, 0.1) is 0 Å². The first-order chi connectivity index (χ1) is 12.7. The van der Waals surface area contributed by atoms with Crippen molar-refractivity contribution in [2.24, 2.45) is 0 Å². The van der Waals surface area contributed by atoms with Crippen molar-refractivity contribution in [3.63, 3.8) is 0 Å². The van der Waals surface area contributed by atoms with Crippen LogP contribution in [0.4, 0.5) is 0 Å². The van der Waals surface area contributed by atoms with E-state index in [0.29, 0.717) is 30.3 Å². The van der Waals surface area contributed by atoms with Crippen molar-refractivity contribution in [1.82, 2.24) is 14.9 Å². The molecule has 1 amide bonds. The molecule has 0 aliphatic carbocycles. The van der Waals surface area contributed by atoms with Gasteiger partial charge in [0.1, 0.15) is 6.33 Å². The lowest BCUT2D eigenvalue weighted by Crippen LogP contribution is -2.35. The molecule has 0 spiro atoms. The third-order valence-electron chi connectivity index (χ3n) is 4.28. The number of carbonyl (C=O) groups is 1. The first-order valence-corrected chi connectivity index (χ1v) is 8.21. The van der Waals surface area contributed by atoms with E-state index in [2.05, 4.69) is 9.97 Å². The van der Waals surface area contributed by atoms with Gasteiger partial charge < -0.3 is 19.1 Å².